The largest absolute Gasteiger partial charge is 0.853 e. The van der Waals surface area contributed by atoms with Gasteiger partial charge >= 0.3 is 14.8 Å². The minimum Gasteiger partial charge on any atom is -0.611 e. The molecule has 2 rings (SSSR count). The second-order valence-corrected chi connectivity index (χ2v) is 13.0. The molecule has 0 heterocycles. The molecule has 0 amide bonds. The van der Waals surface area contributed by atoms with Crippen molar-refractivity contribution in [1.82, 2.24) is 9.80 Å². The summed E-state index contributed by atoms with van der Waals surface area (Å²) in [5.41, 5.74) is 4.87. The molecule has 2 aromatic rings. The predicted molar refractivity (Wildman–Crippen MR) is 138 cm³/mol. The van der Waals surface area contributed by atoms with Gasteiger partial charge in [0, 0.05) is 24.2 Å². The Morgan fingerprint density at radius 2 is 1.00 bits per heavy atom. The fourth-order valence-electron chi connectivity index (χ4n) is 3.92. The van der Waals surface area contributed by atoms with Gasteiger partial charge in [-0.1, -0.05) is 77.9 Å². The zero-order valence-electron chi connectivity index (χ0n) is 22.2. The molecule has 0 radical (unpaired) electrons. The average Bonchev–Trinajstić information content (AvgIpc) is 2.61. The van der Waals surface area contributed by atoms with Crippen molar-refractivity contribution in [2.24, 2.45) is 0 Å². The number of rotatable bonds is 8. The van der Waals surface area contributed by atoms with Crippen molar-refractivity contribution in [2.75, 3.05) is 28.2 Å². The normalized spacial score (nSPS) is 12.4. The number of hydrogen-bond acceptors (Lipinski definition) is 4. The van der Waals surface area contributed by atoms with Crippen LogP contribution in [0.25, 0.3) is 0 Å². The summed E-state index contributed by atoms with van der Waals surface area (Å²) in [5, 5.41) is 0. The molecule has 4 nitrogen and oxygen atoms in total. The number of benzene rings is 2. The van der Waals surface area contributed by atoms with Crippen LogP contribution >= 0.6 is 0 Å². The van der Waals surface area contributed by atoms with Crippen LogP contribution in [0.3, 0.4) is 0 Å². The van der Waals surface area contributed by atoms with Gasteiger partial charge in [-0.2, -0.15) is 0 Å². The van der Waals surface area contributed by atoms with Crippen LogP contribution in [-0.2, 0) is 23.9 Å². The zero-order chi connectivity index (χ0) is 24.3. The molecule has 0 spiro atoms. The van der Waals surface area contributed by atoms with E-state index in [1.54, 1.807) is 0 Å². The lowest BCUT2D eigenvalue weighted by molar-refractivity contribution is 0.368. The predicted octanol–water partition coefficient (Wildman–Crippen LogP) is 5.98. The van der Waals surface area contributed by atoms with E-state index < -0.39 is 14.8 Å². The maximum Gasteiger partial charge on any atom is 0.853 e. The highest BCUT2D eigenvalue weighted by molar-refractivity contribution is 6.44. The number of para-hydroxylation sites is 2. The molecular formula is C27H43AlN2O2. The van der Waals surface area contributed by atoms with E-state index in [1.807, 2.05) is 0 Å². The van der Waals surface area contributed by atoms with E-state index in [-0.39, 0.29) is 10.8 Å². The summed E-state index contributed by atoms with van der Waals surface area (Å²) in [6.45, 7) is 15.1. The third-order valence-electron chi connectivity index (χ3n) is 5.35. The minimum absolute atomic E-state index is 0.00875. The summed E-state index contributed by atoms with van der Waals surface area (Å²) in [5.74, 6) is 4.13. The minimum atomic E-state index is -2.04. The summed E-state index contributed by atoms with van der Waals surface area (Å²) in [6, 6.07) is 13.0. The van der Waals surface area contributed by atoms with Crippen LogP contribution in [0.15, 0.2) is 36.4 Å². The molecule has 176 valence electrons. The molecule has 0 saturated carbocycles. The molecule has 0 aliphatic carbocycles. The molecule has 0 aliphatic rings. The fraction of sp³-hybridized carbons (Fsp3) is 0.556. The second-order valence-electron chi connectivity index (χ2n) is 11.4. The van der Waals surface area contributed by atoms with E-state index in [2.05, 4.69) is 122 Å². The molecular weight excluding hydrogens is 411 g/mol. The Hall–Kier alpha value is -1.51. The van der Waals surface area contributed by atoms with Gasteiger partial charge in [-0.15, -0.1) is 0 Å². The maximum absolute atomic E-state index is 6.71. The molecule has 0 N–H and O–H groups in total. The van der Waals surface area contributed by atoms with Crippen molar-refractivity contribution < 1.29 is 7.58 Å². The van der Waals surface area contributed by atoms with Gasteiger partial charge in [-0.05, 0) is 55.9 Å². The molecule has 32 heavy (non-hydrogen) atoms. The summed E-state index contributed by atoms with van der Waals surface area (Å²) < 4.78 is 13.4. The van der Waals surface area contributed by atoms with Gasteiger partial charge in [-0.25, -0.2) is 0 Å². The van der Waals surface area contributed by atoms with E-state index in [1.165, 1.54) is 22.3 Å². The van der Waals surface area contributed by atoms with Crippen molar-refractivity contribution in [3.05, 3.63) is 58.7 Å². The molecule has 0 aliphatic heterocycles. The summed E-state index contributed by atoms with van der Waals surface area (Å²) in [7, 11) is 8.38. The van der Waals surface area contributed by atoms with Crippen molar-refractivity contribution >= 4 is 14.8 Å². The lowest BCUT2D eigenvalue weighted by atomic mass is 9.85. The van der Waals surface area contributed by atoms with Crippen LogP contribution in [0.5, 0.6) is 11.5 Å². The smallest absolute Gasteiger partial charge is 0.611 e. The van der Waals surface area contributed by atoms with Crippen LogP contribution in [0.4, 0.5) is 0 Å². The Bertz CT molecular complexity index is 822. The lowest BCUT2D eigenvalue weighted by Crippen LogP contribution is -2.30. The maximum atomic E-state index is 6.71. The third kappa shape index (κ3) is 7.25. The molecule has 0 bridgehead atoms. The van der Waals surface area contributed by atoms with Gasteiger partial charge in [0.05, 0.1) is 11.5 Å². The fourth-order valence-corrected chi connectivity index (χ4v) is 5.18. The van der Waals surface area contributed by atoms with Gasteiger partial charge in [0.15, 0.2) is 0 Å². The van der Waals surface area contributed by atoms with E-state index in [0.29, 0.717) is 0 Å². The summed E-state index contributed by atoms with van der Waals surface area (Å²) in [6.07, 6.45) is 0. The Kier molecular flexibility index (Phi) is 8.87. The van der Waals surface area contributed by atoms with Crippen molar-refractivity contribution in [1.29, 1.82) is 0 Å². The molecule has 2 aromatic carbocycles. The molecule has 5 heteroatoms. The Labute approximate surface area is 201 Å². The number of nitrogens with zero attached hydrogens (tertiary/aromatic N) is 2. The van der Waals surface area contributed by atoms with Crippen LogP contribution in [0.1, 0.15) is 63.8 Å². The van der Waals surface area contributed by atoms with E-state index in [4.69, 9.17) is 7.58 Å². The Morgan fingerprint density at radius 3 is 1.28 bits per heavy atom. The average molecular weight is 455 g/mol. The highest BCUT2D eigenvalue weighted by Gasteiger charge is 2.32. The second kappa shape index (κ2) is 10.6. The van der Waals surface area contributed by atoms with Crippen LogP contribution in [0.2, 0.25) is 5.79 Å². The number of hydrogen-bond donors (Lipinski definition) is 0. The molecule has 0 saturated heterocycles. The summed E-state index contributed by atoms with van der Waals surface area (Å²) >= 11 is -2.04. The first-order valence-corrected chi connectivity index (χ1v) is 13.7. The van der Waals surface area contributed by atoms with Crippen LogP contribution in [0, 0.1) is 0 Å². The van der Waals surface area contributed by atoms with E-state index >= 15 is 0 Å². The van der Waals surface area contributed by atoms with E-state index in [9.17, 15) is 0 Å². The monoisotopic (exact) mass is 454 g/mol. The first kappa shape index (κ1) is 26.7. The molecule has 0 fully saturated rings. The zero-order valence-corrected chi connectivity index (χ0v) is 23.3. The van der Waals surface area contributed by atoms with Gasteiger partial charge < -0.3 is 17.4 Å². The van der Waals surface area contributed by atoms with Crippen LogP contribution < -0.4 is 7.58 Å². The lowest BCUT2D eigenvalue weighted by Gasteiger charge is -2.30. The summed E-state index contributed by atoms with van der Waals surface area (Å²) in [4.78, 5) is 4.37. The molecule has 0 aromatic heterocycles. The highest BCUT2D eigenvalue weighted by Crippen LogP contribution is 2.37. The highest BCUT2D eigenvalue weighted by atomic mass is 27.2. The first-order valence-electron chi connectivity index (χ1n) is 11.6. The van der Waals surface area contributed by atoms with Gasteiger partial charge in [0.25, 0.3) is 0 Å². The van der Waals surface area contributed by atoms with Crippen molar-refractivity contribution in [3.63, 3.8) is 0 Å². The van der Waals surface area contributed by atoms with Gasteiger partial charge in [-0.3, -0.25) is 0 Å². The van der Waals surface area contributed by atoms with Gasteiger partial charge in [0.1, 0.15) is 0 Å². The Morgan fingerprint density at radius 1 is 0.656 bits per heavy atom. The SMILES string of the molecule is CN(C)Cc1cccc(C(C)(C)C)c1[O][Al]([CH3])[O]c1c(CN(C)C)cccc1C(C)(C)C. The van der Waals surface area contributed by atoms with Crippen molar-refractivity contribution in [2.45, 2.75) is 71.2 Å². The van der Waals surface area contributed by atoms with Crippen molar-refractivity contribution in [3.8, 4) is 11.5 Å². The van der Waals surface area contributed by atoms with E-state index in [0.717, 1.165) is 24.6 Å². The first-order chi connectivity index (χ1) is 14.7. The molecule has 0 unspecified atom stereocenters. The Balaban J connectivity index is 2.46. The topological polar surface area (TPSA) is 24.9 Å². The van der Waals surface area contributed by atoms with Gasteiger partial charge in [0.2, 0.25) is 0 Å². The third-order valence-corrected chi connectivity index (χ3v) is 6.49. The standard InChI is InChI=1S/2C13H21NO.CH3.Al/c2*1-13(2,3)11-8-6-7-10(12(11)15)9-14(4)5;;/h2*6-8,15H,9H2,1-5H3;1H3;/q;;;+2/p-2. The molecule has 0 atom stereocenters. The van der Waals surface area contributed by atoms with Crippen LogP contribution in [-0.4, -0.2) is 52.8 Å². The quantitative estimate of drug-likeness (QED) is 0.458.